The molecule has 1 aliphatic carbocycles. The van der Waals surface area contributed by atoms with Gasteiger partial charge in [-0.15, -0.1) is 0 Å². The molecule has 0 aromatic heterocycles. The van der Waals surface area contributed by atoms with Gasteiger partial charge in [0.1, 0.15) is 0 Å². The predicted octanol–water partition coefficient (Wildman–Crippen LogP) is -0.0200. The van der Waals surface area contributed by atoms with Gasteiger partial charge < -0.3 is 10.5 Å². The molecule has 3 atom stereocenters. The average Bonchev–Trinajstić information content (AvgIpc) is 2.22. The van der Waals surface area contributed by atoms with E-state index in [2.05, 4.69) is 6.92 Å². The van der Waals surface area contributed by atoms with Gasteiger partial charge >= 0.3 is 0 Å². The molecule has 8 heavy (non-hydrogen) atoms. The van der Waals surface area contributed by atoms with E-state index in [0.29, 0.717) is 11.8 Å². The Hall–Kier alpha value is -0.0800. The minimum atomic E-state index is 0.137. The fraction of sp³-hybridized carbons (Fsp3) is 1.00. The molecule has 0 aromatic carbocycles. The van der Waals surface area contributed by atoms with E-state index in [-0.39, 0.29) is 5.54 Å². The van der Waals surface area contributed by atoms with Crippen LogP contribution in [-0.4, -0.2) is 18.8 Å². The summed E-state index contributed by atoms with van der Waals surface area (Å²) in [6.45, 7) is 3.92. The Bertz CT molecular complexity index is 110. The Labute approximate surface area is 49.0 Å². The van der Waals surface area contributed by atoms with Gasteiger partial charge in [0.05, 0.1) is 13.2 Å². The van der Waals surface area contributed by atoms with E-state index in [0.717, 1.165) is 13.2 Å². The lowest BCUT2D eigenvalue weighted by Gasteiger charge is -2.06. The molecule has 2 heteroatoms. The number of nitrogens with two attached hydrogens (primary N) is 1. The maximum atomic E-state index is 5.83. The summed E-state index contributed by atoms with van der Waals surface area (Å²) in [6.07, 6.45) is 0. The van der Waals surface area contributed by atoms with Crippen LogP contribution >= 0.6 is 0 Å². The lowest BCUT2D eigenvalue weighted by atomic mass is 10.2. The van der Waals surface area contributed by atoms with Crippen molar-refractivity contribution in [1.82, 2.24) is 0 Å². The summed E-state index contributed by atoms with van der Waals surface area (Å²) < 4.78 is 5.16. The fourth-order valence-electron chi connectivity index (χ4n) is 1.64. The topological polar surface area (TPSA) is 35.2 Å². The quantitative estimate of drug-likeness (QED) is 0.479. The van der Waals surface area contributed by atoms with Crippen LogP contribution in [0.2, 0.25) is 0 Å². The number of rotatable bonds is 0. The Morgan fingerprint density at radius 2 is 2.00 bits per heavy atom. The van der Waals surface area contributed by atoms with E-state index >= 15 is 0 Å². The maximum absolute atomic E-state index is 5.83. The summed E-state index contributed by atoms with van der Waals surface area (Å²) in [5, 5.41) is 0. The number of fused-ring (bicyclic) bond motifs is 1. The van der Waals surface area contributed by atoms with E-state index in [1.54, 1.807) is 0 Å². The van der Waals surface area contributed by atoms with Crippen LogP contribution in [0.25, 0.3) is 0 Å². The molecular formula is C6H11NO. The first-order valence-corrected chi connectivity index (χ1v) is 3.09. The first-order chi connectivity index (χ1) is 3.73. The van der Waals surface area contributed by atoms with Gasteiger partial charge in [0, 0.05) is 17.4 Å². The third kappa shape index (κ3) is 0.361. The first kappa shape index (κ1) is 4.77. The fourth-order valence-corrected chi connectivity index (χ4v) is 1.64. The molecule has 2 aliphatic rings. The second kappa shape index (κ2) is 1.09. The van der Waals surface area contributed by atoms with Gasteiger partial charge in [-0.05, 0) is 6.92 Å². The second-order valence-corrected chi connectivity index (χ2v) is 3.12. The van der Waals surface area contributed by atoms with Crippen LogP contribution in [0.1, 0.15) is 6.92 Å². The van der Waals surface area contributed by atoms with E-state index in [9.17, 15) is 0 Å². The summed E-state index contributed by atoms with van der Waals surface area (Å²) in [4.78, 5) is 0. The summed E-state index contributed by atoms with van der Waals surface area (Å²) in [7, 11) is 0. The molecule has 2 nitrogen and oxygen atoms in total. The summed E-state index contributed by atoms with van der Waals surface area (Å²) >= 11 is 0. The molecule has 0 bridgehead atoms. The monoisotopic (exact) mass is 113 g/mol. The molecule has 1 heterocycles. The Kier molecular flexibility index (Phi) is 0.649. The van der Waals surface area contributed by atoms with Crippen LogP contribution in [0.15, 0.2) is 0 Å². The zero-order valence-electron chi connectivity index (χ0n) is 5.05. The molecule has 1 saturated heterocycles. The van der Waals surface area contributed by atoms with Gasteiger partial charge in [0.25, 0.3) is 0 Å². The standard InChI is InChI=1S/C6H11NO/c1-6(7)4-2-8-3-5(4)6/h4-5H,2-3,7H2,1H3/t4-,5+,6?. The third-order valence-electron chi connectivity index (χ3n) is 2.57. The second-order valence-electron chi connectivity index (χ2n) is 3.12. The number of hydrogen-bond acceptors (Lipinski definition) is 2. The van der Waals surface area contributed by atoms with Crippen LogP contribution < -0.4 is 5.73 Å². The summed E-state index contributed by atoms with van der Waals surface area (Å²) in [5.74, 6) is 1.37. The smallest absolute Gasteiger partial charge is 0.0516 e. The van der Waals surface area contributed by atoms with Crippen molar-refractivity contribution in [1.29, 1.82) is 0 Å². The van der Waals surface area contributed by atoms with Crippen molar-refractivity contribution in [3.05, 3.63) is 0 Å². The summed E-state index contributed by atoms with van der Waals surface area (Å²) in [5.41, 5.74) is 5.97. The van der Waals surface area contributed by atoms with Crippen LogP contribution in [0, 0.1) is 11.8 Å². The zero-order chi connectivity index (χ0) is 5.78. The summed E-state index contributed by atoms with van der Waals surface area (Å²) in [6, 6.07) is 0. The van der Waals surface area contributed by atoms with Crippen molar-refractivity contribution < 1.29 is 4.74 Å². The van der Waals surface area contributed by atoms with Crippen molar-refractivity contribution in [2.45, 2.75) is 12.5 Å². The van der Waals surface area contributed by atoms with E-state index in [1.807, 2.05) is 0 Å². The van der Waals surface area contributed by atoms with Crippen molar-refractivity contribution in [3.63, 3.8) is 0 Å². The Morgan fingerprint density at radius 1 is 1.50 bits per heavy atom. The molecule has 46 valence electrons. The lowest BCUT2D eigenvalue weighted by molar-refractivity contribution is 0.147. The zero-order valence-corrected chi connectivity index (χ0v) is 5.05. The molecule has 0 amide bonds. The number of hydrogen-bond donors (Lipinski definition) is 1. The molecule has 2 N–H and O–H groups in total. The normalized spacial score (nSPS) is 60.8. The van der Waals surface area contributed by atoms with Crippen LogP contribution in [0.4, 0.5) is 0 Å². The molecule has 1 unspecified atom stereocenters. The first-order valence-electron chi connectivity index (χ1n) is 3.09. The van der Waals surface area contributed by atoms with Crippen molar-refractivity contribution in [2.75, 3.05) is 13.2 Å². The highest BCUT2D eigenvalue weighted by Crippen LogP contribution is 2.51. The number of ether oxygens (including phenoxy) is 1. The van der Waals surface area contributed by atoms with E-state index in [4.69, 9.17) is 10.5 Å². The Balaban J connectivity index is 2.13. The minimum absolute atomic E-state index is 0.137. The third-order valence-corrected chi connectivity index (χ3v) is 2.57. The van der Waals surface area contributed by atoms with Crippen molar-refractivity contribution >= 4 is 0 Å². The highest BCUT2D eigenvalue weighted by molar-refractivity contribution is 5.15. The van der Waals surface area contributed by atoms with Crippen LogP contribution in [0.5, 0.6) is 0 Å². The molecule has 2 rings (SSSR count). The largest absolute Gasteiger partial charge is 0.381 e. The van der Waals surface area contributed by atoms with Gasteiger partial charge in [0.15, 0.2) is 0 Å². The molecule has 0 aromatic rings. The minimum Gasteiger partial charge on any atom is -0.381 e. The molecule has 1 saturated carbocycles. The average molecular weight is 113 g/mol. The van der Waals surface area contributed by atoms with Crippen molar-refractivity contribution in [3.8, 4) is 0 Å². The highest BCUT2D eigenvalue weighted by atomic mass is 16.5. The molecule has 0 radical (unpaired) electrons. The van der Waals surface area contributed by atoms with Crippen molar-refractivity contribution in [2.24, 2.45) is 17.6 Å². The van der Waals surface area contributed by atoms with Gasteiger partial charge in [-0.3, -0.25) is 0 Å². The van der Waals surface area contributed by atoms with E-state index in [1.165, 1.54) is 0 Å². The highest BCUT2D eigenvalue weighted by Gasteiger charge is 2.61. The van der Waals surface area contributed by atoms with Crippen LogP contribution in [0.3, 0.4) is 0 Å². The van der Waals surface area contributed by atoms with Gasteiger partial charge in [-0.2, -0.15) is 0 Å². The van der Waals surface area contributed by atoms with Gasteiger partial charge in [-0.1, -0.05) is 0 Å². The SMILES string of the molecule is CC1(N)[C@@H]2COC[C@@H]21. The van der Waals surface area contributed by atoms with Gasteiger partial charge in [0.2, 0.25) is 0 Å². The lowest BCUT2D eigenvalue weighted by Crippen LogP contribution is -2.26. The Morgan fingerprint density at radius 3 is 2.25 bits per heavy atom. The van der Waals surface area contributed by atoms with Crippen LogP contribution in [-0.2, 0) is 4.74 Å². The van der Waals surface area contributed by atoms with Gasteiger partial charge in [-0.25, -0.2) is 0 Å². The molecule has 1 aliphatic heterocycles. The maximum Gasteiger partial charge on any atom is 0.0516 e. The molecular weight excluding hydrogens is 102 g/mol. The van der Waals surface area contributed by atoms with E-state index < -0.39 is 0 Å². The predicted molar refractivity (Wildman–Crippen MR) is 30.4 cm³/mol. The molecule has 2 fully saturated rings. The molecule has 0 spiro atoms.